The van der Waals surface area contributed by atoms with Gasteiger partial charge >= 0.3 is 11.9 Å². The molecule has 3 heterocycles. The Balaban J connectivity index is 0.845. The van der Waals surface area contributed by atoms with E-state index in [1.54, 1.807) is 96.3 Å². The number of amides is 12. The maximum Gasteiger partial charge on any atom is 0.340 e. The third-order valence-electron chi connectivity index (χ3n) is 21.9. The lowest BCUT2D eigenvalue weighted by Crippen LogP contribution is -2.61. The van der Waals surface area contributed by atoms with Crippen LogP contribution < -0.4 is 85.3 Å². The van der Waals surface area contributed by atoms with Crippen molar-refractivity contribution in [2.45, 2.75) is 211 Å². The third kappa shape index (κ3) is 27.2. The smallest absolute Gasteiger partial charge is 0.340 e. The van der Waals surface area contributed by atoms with Crippen molar-refractivity contribution in [1.29, 1.82) is 5.41 Å². The lowest BCUT2D eigenvalue weighted by atomic mass is 9.77. The van der Waals surface area contributed by atoms with Crippen LogP contribution in [0.4, 0.5) is 0 Å². The molecule has 38 nitrogen and oxygen atoms in total. The van der Waals surface area contributed by atoms with Gasteiger partial charge in [-0.1, -0.05) is 108 Å². The van der Waals surface area contributed by atoms with E-state index in [1.165, 1.54) is 99.6 Å². The number of carboxylic acid groups (broad SMARTS) is 1. The lowest BCUT2D eigenvalue weighted by molar-refractivity contribution is -0.142. The monoisotopic (exact) mass is 1800 g/mol. The molecule has 2 aliphatic rings. The number of aromatic nitrogens is 1. The van der Waals surface area contributed by atoms with Crippen LogP contribution in [0.5, 0.6) is 28.7 Å². The standard InChI is InChI=1S/C92H117N17O21/c1-47(2)36-68(83(120)99-50(7)78(115)98-46-76(114)101-66(23-17-35-96-91(94)95)81(118)108-73(89(126)127)42-56-45-97-65-21-14-13-20-60(56)65)104-82(119)67(22-15-16-34-93)102-84(121)69(37-48(3)4)105-85(122)70(38-49(5)6)106-87(124)72(39-53-18-11-10-12-19-53)107-86(123)71(40-54-24-27-57(111)28-25-54)103-79(116)51(8)100-88(125)77(52(9)110)109-80(117)55-26-31-62-61(41-55)90(128)130-92(62)63-32-29-58(112)43-74(63)129-75-44-59(113)30-33-64(75)92/h10-14,18-21,24-33,41,43-45,47-52,66-73,77,97,110-113H,15-17,22-23,34-40,42,46,93H2,1-9H3,(H,98,115)(H,99,120)(H,100,125)(H,101,114)(H,102,121)(H,103,116)(H,104,119)(H,105,122)(H,106,124)(H,107,123)(H,108,118)(H,109,117)(H,126,127)(H4,94,95,96)/t50-,51-,52+,66-,67-,68-,69-,70-,71-,72-,73-,77-/m0/s1. The van der Waals surface area contributed by atoms with E-state index >= 15 is 9.59 Å². The van der Waals surface area contributed by atoms with Crippen LogP contribution in [0.15, 0.2) is 140 Å². The van der Waals surface area contributed by atoms with Crippen LogP contribution >= 0.6 is 0 Å². The van der Waals surface area contributed by atoms with Gasteiger partial charge in [-0.25, -0.2) is 9.59 Å². The fourth-order valence-electron chi connectivity index (χ4n) is 15.2. The summed E-state index contributed by atoms with van der Waals surface area (Å²) in [5.74, 6) is -14.2. The van der Waals surface area contributed by atoms with Crippen molar-refractivity contribution in [3.63, 3.8) is 0 Å². The summed E-state index contributed by atoms with van der Waals surface area (Å²) < 4.78 is 12.2. The summed E-state index contributed by atoms with van der Waals surface area (Å²) in [6.45, 7) is 14.1. The minimum Gasteiger partial charge on any atom is -0.508 e. The molecule has 0 fully saturated rings. The number of rotatable bonds is 46. The molecule has 0 unspecified atom stereocenters. The van der Waals surface area contributed by atoms with Crippen LogP contribution in [0.25, 0.3) is 10.9 Å². The van der Waals surface area contributed by atoms with E-state index in [0.717, 1.165) is 10.9 Å². The highest BCUT2D eigenvalue weighted by Gasteiger charge is 2.54. The minimum atomic E-state index is -1.75. The number of fused-ring (bicyclic) bond motifs is 7. The maximum absolute atomic E-state index is 15.1. The molecule has 1 aromatic heterocycles. The van der Waals surface area contributed by atoms with Gasteiger partial charge in [-0.05, 0) is 168 Å². The second kappa shape index (κ2) is 46.0. The number of aliphatic hydroxyl groups excluding tert-OH is 1. The van der Waals surface area contributed by atoms with E-state index in [-0.39, 0.29) is 140 Å². The number of H-pyrrole nitrogens is 1. The Kier molecular flexibility index (Phi) is 35.3. The Bertz CT molecular complexity index is 5220. The number of phenolic OH excluding ortho intramolecular Hbond substituents is 3. The molecule has 24 N–H and O–H groups in total. The predicted octanol–water partition coefficient (Wildman–Crippen LogP) is 2.68. The summed E-state index contributed by atoms with van der Waals surface area (Å²) in [4.78, 5) is 202. The highest BCUT2D eigenvalue weighted by Crippen LogP contribution is 2.57. The van der Waals surface area contributed by atoms with Crippen LogP contribution in [0.2, 0.25) is 0 Å². The van der Waals surface area contributed by atoms with Crippen molar-refractivity contribution < 1.29 is 102 Å². The molecule has 9 rings (SSSR count). The third-order valence-corrected chi connectivity index (χ3v) is 21.9. The van der Waals surface area contributed by atoms with Gasteiger partial charge in [0.05, 0.1) is 18.2 Å². The number of aromatic hydroxyl groups is 3. The van der Waals surface area contributed by atoms with Crippen LogP contribution in [0.3, 0.4) is 0 Å². The lowest BCUT2D eigenvalue weighted by Gasteiger charge is -2.36. The SMILES string of the molecule is CC(C)C[C@H](NC(=O)[C@H](CCCCN)NC(=O)[C@H](CC(C)C)NC(=O)[C@H](CC(C)C)NC(=O)[C@H](Cc1ccccc1)NC(=O)[C@H](Cc1ccc(O)cc1)NC(=O)[C@H](C)NC(=O)[C@@H](NC(=O)c1ccc2c(c1)C(=O)OC21c2ccc(O)cc2Oc2cc(O)ccc21)[C@@H](C)O)C(=O)N[C@@H](C)C(=O)NCC(=O)N[C@@H](CCCNC(=N)N)C(=O)N[C@@H](Cc1c[nH]c2ccccc12)C(=O)O. The number of nitrogens with one attached hydrogen (secondary N) is 15. The van der Waals surface area contributed by atoms with Gasteiger partial charge in [-0.2, -0.15) is 0 Å². The molecule has 7 aromatic rings. The van der Waals surface area contributed by atoms with Gasteiger partial charge in [0.15, 0.2) is 11.6 Å². The number of carbonyl (C=O) groups excluding carboxylic acids is 13. The number of phenols is 3. The predicted molar refractivity (Wildman–Crippen MR) is 477 cm³/mol. The van der Waals surface area contributed by atoms with Crippen LogP contribution in [0, 0.1) is 23.2 Å². The van der Waals surface area contributed by atoms with E-state index in [2.05, 4.69) is 74.1 Å². The van der Waals surface area contributed by atoms with Crippen molar-refractivity contribution in [3.05, 3.63) is 184 Å². The number of hydrogen-bond acceptors (Lipinski definition) is 22. The molecule has 38 heteroatoms. The first kappa shape index (κ1) is 99.6. The maximum atomic E-state index is 15.1. The van der Waals surface area contributed by atoms with E-state index in [9.17, 15) is 83.1 Å². The first-order valence-corrected chi connectivity index (χ1v) is 43.1. The Labute approximate surface area is 750 Å². The van der Waals surface area contributed by atoms with Gasteiger partial charge in [0, 0.05) is 77.3 Å². The Hall–Kier alpha value is -14.2. The molecular formula is C92H117N17O21. The summed E-state index contributed by atoms with van der Waals surface area (Å²) in [5, 5.41) is 94.5. The number of carboxylic acids is 1. The number of aliphatic hydroxyl groups is 1. The molecule has 2 aliphatic heterocycles. The van der Waals surface area contributed by atoms with Crippen LogP contribution in [0.1, 0.15) is 168 Å². The minimum absolute atomic E-state index is 0.000637. The molecule has 12 atom stereocenters. The fourth-order valence-corrected chi connectivity index (χ4v) is 15.2. The van der Waals surface area contributed by atoms with Gasteiger partial charge in [-0.3, -0.25) is 62.9 Å². The molecule has 0 bridgehead atoms. The summed E-state index contributed by atoms with van der Waals surface area (Å²) in [6, 6.07) is 17.9. The van der Waals surface area contributed by atoms with Gasteiger partial charge in [0.1, 0.15) is 95.2 Å². The van der Waals surface area contributed by atoms with E-state index in [1.807, 2.05) is 6.07 Å². The highest BCUT2D eigenvalue weighted by atomic mass is 16.6. The Morgan fingerprint density at radius 2 is 0.923 bits per heavy atom. The second-order valence-corrected chi connectivity index (χ2v) is 33.8. The Morgan fingerprint density at radius 3 is 1.47 bits per heavy atom. The number of aromatic amines is 1. The van der Waals surface area contributed by atoms with Gasteiger partial charge < -0.3 is 121 Å². The van der Waals surface area contributed by atoms with Gasteiger partial charge in [0.2, 0.25) is 65.0 Å². The molecule has 6 aromatic carbocycles. The molecule has 696 valence electrons. The largest absolute Gasteiger partial charge is 0.508 e. The summed E-state index contributed by atoms with van der Waals surface area (Å²) in [7, 11) is 0. The first-order valence-electron chi connectivity index (χ1n) is 43.1. The topological polar surface area (TPSA) is 607 Å². The number of unbranched alkanes of at least 4 members (excludes halogenated alkanes) is 1. The average molecular weight is 1800 g/mol. The fraction of sp³-hybridized carbons (Fsp3) is 0.424. The second-order valence-electron chi connectivity index (χ2n) is 33.8. The number of ether oxygens (including phenoxy) is 2. The van der Waals surface area contributed by atoms with Gasteiger partial charge in [0.25, 0.3) is 5.91 Å². The molecule has 0 saturated heterocycles. The molecular weight excluding hydrogens is 1680 g/mol. The number of aliphatic carboxylic acids is 1. The van der Waals surface area contributed by atoms with Crippen molar-refractivity contribution in [2.75, 3.05) is 19.6 Å². The van der Waals surface area contributed by atoms with E-state index in [4.69, 9.17) is 26.4 Å². The number of benzene rings is 6. The average Bonchev–Trinajstić information content (AvgIpc) is 1.51. The zero-order valence-corrected chi connectivity index (χ0v) is 73.8. The number of esters is 1. The molecule has 0 aliphatic carbocycles. The molecule has 1 spiro atoms. The van der Waals surface area contributed by atoms with Crippen molar-refractivity contribution >= 4 is 99.7 Å². The summed E-state index contributed by atoms with van der Waals surface area (Å²) >= 11 is 0. The molecule has 0 saturated carbocycles. The van der Waals surface area contributed by atoms with E-state index in [0.29, 0.717) is 40.7 Å². The van der Waals surface area contributed by atoms with Crippen LogP contribution in [-0.2, 0) is 87.1 Å². The zero-order valence-electron chi connectivity index (χ0n) is 73.8. The quantitative estimate of drug-likeness (QED) is 0.0113. The Morgan fingerprint density at radius 1 is 0.462 bits per heavy atom. The summed E-state index contributed by atoms with van der Waals surface area (Å²) in [6.07, 6.45) is 0.283. The molecule has 0 radical (unpaired) electrons. The number of nitrogens with two attached hydrogens (primary N) is 2. The number of carbonyl (C=O) groups is 14. The van der Waals surface area contributed by atoms with E-state index < -0.39 is 168 Å². The summed E-state index contributed by atoms with van der Waals surface area (Å²) in [5.41, 5.74) is 12.7. The number of hydrogen-bond donors (Lipinski definition) is 22. The molecule has 130 heavy (non-hydrogen) atoms. The van der Waals surface area contributed by atoms with Crippen molar-refractivity contribution in [1.82, 2.24) is 74.1 Å². The zero-order chi connectivity index (χ0) is 95.0. The highest BCUT2D eigenvalue weighted by molar-refractivity contribution is 6.04. The number of guanidine groups is 1. The first-order chi connectivity index (χ1) is 61.7. The normalized spacial score (nSPS) is 15.0. The van der Waals surface area contributed by atoms with Crippen molar-refractivity contribution in [2.24, 2.45) is 29.2 Å². The molecule has 12 amide bonds. The van der Waals surface area contributed by atoms with Crippen LogP contribution in [-0.4, -0.2) is 211 Å². The van der Waals surface area contributed by atoms with Gasteiger partial charge in [-0.15, -0.1) is 0 Å². The number of para-hydroxylation sites is 1. The van der Waals surface area contributed by atoms with Crippen molar-refractivity contribution in [3.8, 4) is 28.7 Å².